The van der Waals surface area contributed by atoms with Gasteiger partial charge in [-0.05, 0) is 31.1 Å². The molecule has 2 unspecified atom stereocenters. The van der Waals surface area contributed by atoms with E-state index < -0.39 is 0 Å². The lowest BCUT2D eigenvalue weighted by molar-refractivity contribution is -0.161. The summed E-state index contributed by atoms with van der Waals surface area (Å²) in [5.74, 6) is 1.34. The fourth-order valence-electron chi connectivity index (χ4n) is 5.45. The Morgan fingerprint density at radius 2 is 0.976 bits per heavy atom. The molecule has 0 saturated heterocycles. The van der Waals surface area contributed by atoms with Crippen LogP contribution in [0.15, 0.2) is 0 Å². The minimum absolute atomic E-state index is 0.131. The standard InChI is InChI=1S/C35H69BO4.C2H6/c1-5-9-15-21-32(20-12-8-4)26-30-39-35(25-24-34(37)38-29-19-14-13-18-28-36)40-31-27-33(22-16-10-6-2)23-17-11-7-3;1-2/h32-33,35H,5-31H2,1-4H3;1-2H3. The van der Waals surface area contributed by atoms with Gasteiger partial charge < -0.3 is 14.2 Å². The predicted octanol–water partition coefficient (Wildman–Crippen LogP) is 11.8. The third-order valence-electron chi connectivity index (χ3n) is 8.22. The fourth-order valence-corrected chi connectivity index (χ4v) is 5.45. The van der Waals surface area contributed by atoms with Crippen LogP contribution in [0.1, 0.15) is 189 Å². The van der Waals surface area contributed by atoms with Gasteiger partial charge in [0.15, 0.2) is 6.29 Å². The summed E-state index contributed by atoms with van der Waals surface area (Å²) in [5, 5.41) is 0. The van der Waals surface area contributed by atoms with Crippen LogP contribution < -0.4 is 0 Å². The molecule has 0 aromatic heterocycles. The molecule has 0 saturated carbocycles. The molecule has 250 valence electrons. The van der Waals surface area contributed by atoms with E-state index in [0.717, 1.165) is 69.9 Å². The van der Waals surface area contributed by atoms with Crippen molar-refractivity contribution in [3.63, 3.8) is 0 Å². The molecule has 0 heterocycles. The maximum Gasteiger partial charge on any atom is 0.305 e. The van der Waals surface area contributed by atoms with Crippen molar-refractivity contribution in [2.45, 2.75) is 202 Å². The molecule has 0 bridgehead atoms. The molecular formula is C37H75BO4. The Hall–Kier alpha value is -0.545. The molecule has 5 heteroatoms. The molecule has 0 rings (SSSR count). The highest BCUT2D eigenvalue weighted by molar-refractivity contribution is 6.08. The molecule has 0 spiro atoms. The number of carbonyl (C=O) groups excluding carboxylic acids is 1. The van der Waals surface area contributed by atoms with Gasteiger partial charge >= 0.3 is 5.97 Å². The maximum atomic E-state index is 12.4. The molecule has 0 fully saturated rings. The van der Waals surface area contributed by atoms with Gasteiger partial charge in [-0.25, -0.2) is 0 Å². The molecular weight excluding hydrogens is 519 g/mol. The zero-order chi connectivity index (χ0) is 31.5. The molecule has 2 radical (unpaired) electrons. The Balaban J connectivity index is 0. The van der Waals surface area contributed by atoms with Gasteiger partial charge in [0.2, 0.25) is 0 Å². The van der Waals surface area contributed by atoms with Gasteiger partial charge in [-0.1, -0.05) is 163 Å². The number of hydrogen-bond acceptors (Lipinski definition) is 4. The number of rotatable bonds is 32. The summed E-state index contributed by atoms with van der Waals surface area (Å²) in [6, 6.07) is 0. The van der Waals surface area contributed by atoms with Crippen molar-refractivity contribution in [3.05, 3.63) is 0 Å². The summed E-state index contributed by atoms with van der Waals surface area (Å²) in [7, 11) is 5.56. The first-order valence-electron chi connectivity index (χ1n) is 18.7. The Morgan fingerprint density at radius 1 is 0.524 bits per heavy atom. The molecule has 0 aromatic carbocycles. The minimum atomic E-state index is -0.313. The van der Waals surface area contributed by atoms with Crippen molar-refractivity contribution >= 4 is 13.8 Å². The molecule has 0 aliphatic rings. The van der Waals surface area contributed by atoms with Crippen molar-refractivity contribution in [2.75, 3.05) is 19.8 Å². The predicted molar refractivity (Wildman–Crippen MR) is 184 cm³/mol. The highest BCUT2D eigenvalue weighted by atomic mass is 16.7. The normalized spacial score (nSPS) is 12.6. The number of hydrogen-bond donors (Lipinski definition) is 0. The van der Waals surface area contributed by atoms with Crippen LogP contribution in [-0.4, -0.2) is 39.9 Å². The summed E-state index contributed by atoms with van der Waals surface area (Å²) >= 11 is 0. The second-order valence-electron chi connectivity index (χ2n) is 12.1. The SMILES string of the molecule is CC.[B]CCCCCCOC(=O)CCC(OCCC(CCCC)CCCCC)OCCC(CCCCC)CCCCC. The van der Waals surface area contributed by atoms with Crippen LogP contribution in [0, 0.1) is 11.8 Å². The lowest BCUT2D eigenvalue weighted by Gasteiger charge is -2.23. The first-order chi connectivity index (χ1) is 20.6. The second-order valence-corrected chi connectivity index (χ2v) is 12.1. The van der Waals surface area contributed by atoms with Crippen molar-refractivity contribution in [2.24, 2.45) is 11.8 Å². The average Bonchev–Trinajstić information content (AvgIpc) is 3.00. The lowest BCUT2D eigenvalue weighted by atomic mass is 9.92. The molecule has 0 aliphatic carbocycles. The van der Waals surface area contributed by atoms with E-state index in [4.69, 9.17) is 22.1 Å². The van der Waals surface area contributed by atoms with Crippen LogP contribution in [0.4, 0.5) is 0 Å². The molecule has 42 heavy (non-hydrogen) atoms. The summed E-state index contributed by atoms with van der Waals surface area (Å²) < 4.78 is 18.1. The van der Waals surface area contributed by atoms with E-state index in [1.807, 2.05) is 13.8 Å². The number of carbonyl (C=O) groups is 1. The Bertz CT molecular complexity index is 506. The third-order valence-corrected chi connectivity index (χ3v) is 8.22. The first-order valence-corrected chi connectivity index (χ1v) is 18.7. The monoisotopic (exact) mass is 595 g/mol. The van der Waals surface area contributed by atoms with Crippen LogP contribution in [0.25, 0.3) is 0 Å². The van der Waals surface area contributed by atoms with Crippen molar-refractivity contribution in [1.82, 2.24) is 0 Å². The van der Waals surface area contributed by atoms with Crippen molar-refractivity contribution in [1.29, 1.82) is 0 Å². The van der Waals surface area contributed by atoms with Gasteiger partial charge in [0.1, 0.15) is 0 Å². The molecule has 2 atom stereocenters. The third kappa shape index (κ3) is 30.9. The number of unbranched alkanes of at least 4 members (excludes halogenated alkanes) is 10. The number of esters is 1. The van der Waals surface area contributed by atoms with Gasteiger partial charge in [-0.2, -0.15) is 0 Å². The Kier molecular flexibility index (Phi) is 38.0. The first kappa shape index (κ1) is 43.6. The second kappa shape index (κ2) is 36.6. The lowest BCUT2D eigenvalue weighted by Crippen LogP contribution is -2.22. The van der Waals surface area contributed by atoms with Gasteiger partial charge in [-0.15, -0.1) is 0 Å². The topological polar surface area (TPSA) is 44.8 Å². The highest BCUT2D eigenvalue weighted by Crippen LogP contribution is 2.23. The van der Waals surface area contributed by atoms with E-state index in [-0.39, 0.29) is 12.3 Å². The van der Waals surface area contributed by atoms with Crippen LogP contribution in [0.3, 0.4) is 0 Å². The minimum Gasteiger partial charge on any atom is -0.466 e. The Morgan fingerprint density at radius 3 is 1.43 bits per heavy atom. The van der Waals surface area contributed by atoms with Crippen LogP contribution >= 0.6 is 0 Å². The van der Waals surface area contributed by atoms with Crippen LogP contribution in [-0.2, 0) is 19.0 Å². The average molecular weight is 595 g/mol. The smallest absolute Gasteiger partial charge is 0.305 e. The summed E-state index contributed by atoms with van der Waals surface area (Å²) in [6.45, 7) is 15.1. The fraction of sp³-hybridized carbons (Fsp3) is 0.973. The highest BCUT2D eigenvalue weighted by Gasteiger charge is 2.17. The van der Waals surface area contributed by atoms with Crippen LogP contribution in [0.2, 0.25) is 6.32 Å². The van der Waals surface area contributed by atoms with Gasteiger partial charge in [-0.3, -0.25) is 4.79 Å². The summed E-state index contributed by atoms with van der Waals surface area (Å²) in [4.78, 5) is 12.4. The molecule has 0 amide bonds. The van der Waals surface area contributed by atoms with Gasteiger partial charge in [0, 0.05) is 19.6 Å². The van der Waals surface area contributed by atoms with Gasteiger partial charge in [0.05, 0.1) is 20.9 Å². The molecule has 0 N–H and O–H groups in total. The number of ether oxygens (including phenoxy) is 3. The largest absolute Gasteiger partial charge is 0.466 e. The summed E-state index contributed by atoms with van der Waals surface area (Å²) in [6.07, 6.45) is 27.2. The molecule has 0 aliphatic heterocycles. The molecule has 4 nitrogen and oxygen atoms in total. The Labute approximate surface area is 266 Å². The van der Waals surface area contributed by atoms with E-state index in [0.29, 0.717) is 19.4 Å². The zero-order valence-corrected chi connectivity index (χ0v) is 29.5. The summed E-state index contributed by atoms with van der Waals surface area (Å²) in [5.41, 5.74) is 0. The molecule has 0 aromatic rings. The van der Waals surface area contributed by atoms with Crippen molar-refractivity contribution in [3.8, 4) is 0 Å². The van der Waals surface area contributed by atoms with E-state index in [1.165, 1.54) is 96.3 Å². The van der Waals surface area contributed by atoms with Crippen molar-refractivity contribution < 1.29 is 19.0 Å². The van der Waals surface area contributed by atoms with E-state index >= 15 is 0 Å². The maximum absolute atomic E-state index is 12.4. The van der Waals surface area contributed by atoms with Crippen LogP contribution in [0.5, 0.6) is 0 Å². The van der Waals surface area contributed by atoms with Gasteiger partial charge in [0.25, 0.3) is 0 Å². The van der Waals surface area contributed by atoms with E-state index in [2.05, 4.69) is 27.7 Å². The quantitative estimate of drug-likeness (QED) is 0.0336. The van der Waals surface area contributed by atoms with E-state index in [9.17, 15) is 4.79 Å². The van der Waals surface area contributed by atoms with E-state index in [1.54, 1.807) is 0 Å². The zero-order valence-electron chi connectivity index (χ0n) is 29.5.